The summed E-state index contributed by atoms with van der Waals surface area (Å²) < 4.78 is 0. The average Bonchev–Trinajstić information content (AvgIpc) is 2.30. The van der Waals surface area contributed by atoms with Crippen molar-refractivity contribution in [3.05, 3.63) is 0 Å². The summed E-state index contributed by atoms with van der Waals surface area (Å²) >= 11 is 0. The molecule has 0 aromatic heterocycles. The van der Waals surface area contributed by atoms with Gasteiger partial charge < -0.3 is 15.5 Å². The zero-order chi connectivity index (χ0) is 12.3. The van der Waals surface area contributed by atoms with Crippen molar-refractivity contribution in [2.45, 2.75) is 50.6 Å². The van der Waals surface area contributed by atoms with E-state index in [1.54, 1.807) is 0 Å². The number of likely N-dealkylation sites (tertiary alicyclic amines) is 1. The van der Waals surface area contributed by atoms with E-state index >= 15 is 0 Å². The maximum absolute atomic E-state index is 5.98. The van der Waals surface area contributed by atoms with E-state index < -0.39 is 0 Å². The molecule has 0 aromatic rings. The van der Waals surface area contributed by atoms with Gasteiger partial charge in [0.25, 0.3) is 0 Å². The third-order valence-corrected chi connectivity index (χ3v) is 4.53. The van der Waals surface area contributed by atoms with Crippen molar-refractivity contribution < 1.29 is 0 Å². The highest BCUT2D eigenvalue weighted by atomic mass is 15.2. The molecule has 3 nitrogen and oxygen atoms in total. The van der Waals surface area contributed by atoms with Crippen molar-refractivity contribution in [3.8, 4) is 0 Å². The molecule has 1 aliphatic carbocycles. The minimum Gasteiger partial charge on any atom is -0.328 e. The second-order valence-electron chi connectivity index (χ2n) is 6.31. The average molecular weight is 239 g/mol. The summed E-state index contributed by atoms with van der Waals surface area (Å²) in [6.45, 7) is 3.90. The molecule has 2 aliphatic rings. The van der Waals surface area contributed by atoms with Crippen molar-refractivity contribution >= 4 is 0 Å². The van der Waals surface area contributed by atoms with Crippen LogP contribution in [0.15, 0.2) is 0 Å². The Morgan fingerprint density at radius 3 is 2.12 bits per heavy atom. The molecule has 0 atom stereocenters. The molecule has 1 heterocycles. The predicted molar refractivity (Wildman–Crippen MR) is 73.1 cm³/mol. The maximum atomic E-state index is 5.98. The Morgan fingerprint density at radius 1 is 1.00 bits per heavy atom. The minimum atomic E-state index is 0.484. The molecule has 1 aliphatic heterocycles. The standard InChI is InChI=1S/C14H29N3/c1-16(2)11-12-7-9-17(10-8-12)14-5-3-13(15)4-6-14/h12-14H,3-11,15H2,1-2H3. The summed E-state index contributed by atoms with van der Waals surface area (Å²) in [4.78, 5) is 5.07. The van der Waals surface area contributed by atoms with Gasteiger partial charge in [-0.15, -0.1) is 0 Å². The molecule has 17 heavy (non-hydrogen) atoms. The Labute approximate surface area is 106 Å². The van der Waals surface area contributed by atoms with Gasteiger partial charge >= 0.3 is 0 Å². The van der Waals surface area contributed by atoms with Crippen molar-refractivity contribution in [2.24, 2.45) is 11.7 Å². The Hall–Kier alpha value is -0.120. The van der Waals surface area contributed by atoms with Crippen LogP contribution in [0.3, 0.4) is 0 Å². The van der Waals surface area contributed by atoms with E-state index in [4.69, 9.17) is 5.73 Å². The second kappa shape index (κ2) is 6.17. The molecule has 0 unspecified atom stereocenters. The number of rotatable bonds is 3. The zero-order valence-electron chi connectivity index (χ0n) is 11.6. The molecule has 2 fully saturated rings. The van der Waals surface area contributed by atoms with Gasteiger partial charge in [0, 0.05) is 18.6 Å². The first-order valence-corrected chi connectivity index (χ1v) is 7.29. The fraction of sp³-hybridized carbons (Fsp3) is 1.00. The monoisotopic (exact) mass is 239 g/mol. The van der Waals surface area contributed by atoms with Gasteiger partial charge in [-0.25, -0.2) is 0 Å². The number of hydrogen-bond donors (Lipinski definition) is 1. The summed E-state index contributed by atoms with van der Waals surface area (Å²) in [5.74, 6) is 0.923. The molecule has 0 bridgehead atoms. The van der Waals surface area contributed by atoms with Gasteiger partial charge in [0.15, 0.2) is 0 Å². The number of piperidine rings is 1. The number of hydrogen-bond acceptors (Lipinski definition) is 3. The topological polar surface area (TPSA) is 32.5 Å². The van der Waals surface area contributed by atoms with E-state index in [9.17, 15) is 0 Å². The lowest BCUT2D eigenvalue weighted by molar-refractivity contribution is 0.0948. The SMILES string of the molecule is CN(C)CC1CCN(C2CCC(N)CC2)CC1. The van der Waals surface area contributed by atoms with Crippen molar-refractivity contribution in [3.63, 3.8) is 0 Å². The van der Waals surface area contributed by atoms with Gasteiger partial charge in [0.1, 0.15) is 0 Å². The lowest BCUT2D eigenvalue weighted by Crippen LogP contribution is -2.45. The van der Waals surface area contributed by atoms with Gasteiger partial charge in [-0.3, -0.25) is 0 Å². The summed E-state index contributed by atoms with van der Waals surface area (Å²) in [5, 5.41) is 0. The van der Waals surface area contributed by atoms with E-state index in [1.165, 1.54) is 58.2 Å². The van der Waals surface area contributed by atoms with E-state index in [0.29, 0.717) is 6.04 Å². The van der Waals surface area contributed by atoms with Crippen LogP contribution in [0.2, 0.25) is 0 Å². The Bertz CT molecular complexity index is 214. The Kier molecular flexibility index (Phi) is 4.83. The number of nitrogens with zero attached hydrogens (tertiary/aromatic N) is 2. The first kappa shape index (κ1) is 13.3. The molecule has 100 valence electrons. The minimum absolute atomic E-state index is 0.484. The van der Waals surface area contributed by atoms with Crippen molar-refractivity contribution in [1.82, 2.24) is 9.80 Å². The molecule has 0 aromatic carbocycles. The molecule has 0 radical (unpaired) electrons. The molecule has 3 heteroatoms. The normalized spacial score (nSPS) is 33.2. The van der Waals surface area contributed by atoms with Gasteiger partial charge in [-0.1, -0.05) is 0 Å². The van der Waals surface area contributed by atoms with Crippen LogP contribution < -0.4 is 5.73 Å². The summed E-state index contributed by atoms with van der Waals surface area (Å²) in [7, 11) is 4.38. The van der Waals surface area contributed by atoms with Crippen molar-refractivity contribution in [2.75, 3.05) is 33.7 Å². The fourth-order valence-corrected chi connectivity index (χ4v) is 3.48. The predicted octanol–water partition coefficient (Wildman–Crippen LogP) is 1.53. The van der Waals surface area contributed by atoms with E-state index in [2.05, 4.69) is 23.9 Å². The molecular weight excluding hydrogens is 210 g/mol. The first-order chi connectivity index (χ1) is 8.15. The third kappa shape index (κ3) is 3.94. The molecule has 2 N–H and O–H groups in total. The van der Waals surface area contributed by atoms with Crippen LogP contribution in [0, 0.1) is 5.92 Å². The van der Waals surface area contributed by atoms with Crippen molar-refractivity contribution in [1.29, 1.82) is 0 Å². The van der Waals surface area contributed by atoms with Gasteiger partial charge in [-0.05, 0) is 71.6 Å². The summed E-state index contributed by atoms with van der Waals surface area (Å²) in [6.07, 6.45) is 7.92. The fourth-order valence-electron chi connectivity index (χ4n) is 3.48. The maximum Gasteiger partial charge on any atom is 0.00964 e. The lowest BCUT2D eigenvalue weighted by atomic mass is 9.88. The largest absolute Gasteiger partial charge is 0.328 e. The molecule has 2 rings (SSSR count). The van der Waals surface area contributed by atoms with Crippen LogP contribution >= 0.6 is 0 Å². The highest BCUT2D eigenvalue weighted by molar-refractivity contribution is 4.84. The first-order valence-electron chi connectivity index (χ1n) is 7.29. The van der Waals surface area contributed by atoms with Gasteiger partial charge in [-0.2, -0.15) is 0 Å². The van der Waals surface area contributed by atoms with Crippen LogP contribution in [0.4, 0.5) is 0 Å². The van der Waals surface area contributed by atoms with Crippen LogP contribution in [-0.2, 0) is 0 Å². The van der Waals surface area contributed by atoms with Gasteiger partial charge in [0.2, 0.25) is 0 Å². The molecule has 1 saturated carbocycles. The molecule has 0 spiro atoms. The van der Waals surface area contributed by atoms with Crippen LogP contribution in [-0.4, -0.2) is 55.6 Å². The van der Waals surface area contributed by atoms with E-state index in [-0.39, 0.29) is 0 Å². The smallest absolute Gasteiger partial charge is 0.00964 e. The quantitative estimate of drug-likeness (QED) is 0.811. The van der Waals surface area contributed by atoms with E-state index in [1.807, 2.05) is 0 Å². The van der Waals surface area contributed by atoms with Gasteiger partial charge in [0.05, 0.1) is 0 Å². The molecule has 1 saturated heterocycles. The molecular formula is C14H29N3. The number of nitrogens with two attached hydrogens (primary N) is 1. The highest BCUT2D eigenvalue weighted by Gasteiger charge is 2.27. The van der Waals surface area contributed by atoms with Crippen LogP contribution in [0.1, 0.15) is 38.5 Å². The van der Waals surface area contributed by atoms with E-state index in [0.717, 1.165) is 12.0 Å². The van der Waals surface area contributed by atoms with Crippen LogP contribution in [0.25, 0.3) is 0 Å². The summed E-state index contributed by atoms with van der Waals surface area (Å²) in [6, 6.07) is 1.33. The second-order valence-corrected chi connectivity index (χ2v) is 6.31. The zero-order valence-corrected chi connectivity index (χ0v) is 11.6. The Balaban J connectivity index is 1.71. The van der Waals surface area contributed by atoms with Crippen LogP contribution in [0.5, 0.6) is 0 Å². The molecule has 0 amide bonds. The summed E-state index contributed by atoms with van der Waals surface area (Å²) in [5.41, 5.74) is 5.98. The highest BCUT2D eigenvalue weighted by Crippen LogP contribution is 2.26. The lowest BCUT2D eigenvalue weighted by Gasteiger charge is -2.40. The third-order valence-electron chi connectivity index (χ3n) is 4.53. The Morgan fingerprint density at radius 2 is 1.59 bits per heavy atom.